The van der Waals surface area contributed by atoms with E-state index in [0.717, 1.165) is 43.7 Å². The van der Waals surface area contributed by atoms with Crippen LogP contribution in [0.3, 0.4) is 0 Å². The van der Waals surface area contributed by atoms with Crippen molar-refractivity contribution in [1.82, 2.24) is 10.2 Å². The van der Waals surface area contributed by atoms with Gasteiger partial charge in [0.15, 0.2) is 11.5 Å². The largest absolute Gasteiger partial charge is 0.493 e. The Hall–Kier alpha value is -1.75. The predicted molar refractivity (Wildman–Crippen MR) is 110 cm³/mol. The molecule has 28 heavy (non-hydrogen) atoms. The molecule has 0 bridgehead atoms. The maximum atomic E-state index is 11.4. The van der Waals surface area contributed by atoms with Crippen molar-refractivity contribution in [3.63, 3.8) is 0 Å². The molecule has 1 fully saturated rings. The minimum absolute atomic E-state index is 0.0452. The van der Waals surface area contributed by atoms with Crippen LogP contribution in [-0.4, -0.2) is 50.7 Å². The van der Waals surface area contributed by atoms with Crippen molar-refractivity contribution in [2.24, 2.45) is 11.8 Å². The van der Waals surface area contributed by atoms with E-state index >= 15 is 0 Å². The Kier molecular flexibility index (Phi) is 5.07. The van der Waals surface area contributed by atoms with E-state index in [4.69, 9.17) is 9.47 Å². The average Bonchev–Trinajstić information content (AvgIpc) is 3.03. The van der Waals surface area contributed by atoms with Gasteiger partial charge in [-0.1, -0.05) is 13.0 Å². The first-order valence-corrected chi connectivity index (χ1v) is 10.7. The number of benzene rings is 1. The van der Waals surface area contributed by atoms with Gasteiger partial charge >= 0.3 is 0 Å². The van der Waals surface area contributed by atoms with Gasteiger partial charge < -0.3 is 19.7 Å². The van der Waals surface area contributed by atoms with Gasteiger partial charge in [-0.05, 0) is 69.7 Å². The Bertz CT molecular complexity index is 762. The molecule has 1 heterocycles. The summed E-state index contributed by atoms with van der Waals surface area (Å²) < 4.78 is 12.5. The molecule has 0 spiro atoms. The van der Waals surface area contributed by atoms with Crippen LogP contribution in [0.15, 0.2) is 12.1 Å². The maximum absolute atomic E-state index is 11.4. The highest BCUT2D eigenvalue weighted by Crippen LogP contribution is 2.63. The molecule has 1 aromatic carbocycles. The van der Waals surface area contributed by atoms with E-state index in [-0.39, 0.29) is 17.4 Å². The van der Waals surface area contributed by atoms with Gasteiger partial charge in [0.25, 0.3) is 0 Å². The number of carbonyl (C=O) groups is 1. The van der Waals surface area contributed by atoms with Crippen molar-refractivity contribution in [1.29, 1.82) is 0 Å². The Morgan fingerprint density at radius 2 is 2.14 bits per heavy atom. The standard InChI is InChI=1S/C23H34N2O3/c1-6-23-17-9-7-15(11-12-24-14(2)26)22(23)28-21-19(27-5)10-8-16(20(21)23)13-18(17)25(3)4/h8,10,15,17-18,22H,6-7,9,11-13H2,1-5H3,(H,24,26)/t15?,17-,18?,22-,23-/m1/s1. The highest BCUT2D eigenvalue weighted by atomic mass is 16.5. The molecule has 0 saturated heterocycles. The number of methoxy groups -OCH3 is 1. The molecule has 4 rings (SSSR count). The molecule has 1 aliphatic heterocycles. The molecule has 154 valence electrons. The molecule has 1 amide bonds. The minimum Gasteiger partial charge on any atom is -0.493 e. The predicted octanol–water partition coefficient (Wildman–Crippen LogP) is 3.14. The number of carbonyl (C=O) groups excluding carboxylic acids is 1. The van der Waals surface area contributed by atoms with E-state index in [1.807, 2.05) is 0 Å². The molecular formula is C23H34N2O3. The van der Waals surface area contributed by atoms with Gasteiger partial charge in [-0.15, -0.1) is 0 Å². The molecular weight excluding hydrogens is 352 g/mol. The third kappa shape index (κ3) is 2.73. The summed E-state index contributed by atoms with van der Waals surface area (Å²) in [5.74, 6) is 2.94. The van der Waals surface area contributed by atoms with E-state index in [2.05, 4.69) is 43.4 Å². The van der Waals surface area contributed by atoms with Crippen molar-refractivity contribution in [3.8, 4) is 11.5 Å². The fourth-order valence-corrected chi connectivity index (χ4v) is 6.47. The second-order valence-electron chi connectivity index (χ2n) is 9.01. The maximum Gasteiger partial charge on any atom is 0.216 e. The van der Waals surface area contributed by atoms with Crippen LogP contribution < -0.4 is 14.8 Å². The summed E-state index contributed by atoms with van der Waals surface area (Å²) in [5.41, 5.74) is 2.90. The normalized spacial score (nSPS) is 32.6. The van der Waals surface area contributed by atoms with Crippen molar-refractivity contribution >= 4 is 5.91 Å². The number of nitrogens with one attached hydrogen (secondary N) is 1. The number of ether oxygens (including phenoxy) is 2. The first-order valence-electron chi connectivity index (χ1n) is 10.7. The highest BCUT2D eigenvalue weighted by Gasteiger charge is 2.62. The summed E-state index contributed by atoms with van der Waals surface area (Å²) >= 11 is 0. The topological polar surface area (TPSA) is 50.8 Å². The summed E-state index contributed by atoms with van der Waals surface area (Å²) in [6.07, 6.45) is 5.67. The van der Waals surface area contributed by atoms with E-state index in [1.165, 1.54) is 17.5 Å². The summed E-state index contributed by atoms with van der Waals surface area (Å²) in [4.78, 5) is 13.8. The smallest absolute Gasteiger partial charge is 0.216 e. The molecule has 1 aromatic rings. The zero-order valence-corrected chi connectivity index (χ0v) is 17.9. The summed E-state index contributed by atoms with van der Waals surface area (Å²) in [6.45, 7) is 4.64. The third-order valence-electron chi connectivity index (χ3n) is 7.61. The monoisotopic (exact) mass is 386 g/mol. The van der Waals surface area contributed by atoms with Gasteiger partial charge in [0, 0.05) is 30.5 Å². The number of nitrogens with zero attached hydrogens (tertiary/aromatic N) is 1. The van der Waals surface area contributed by atoms with Gasteiger partial charge in [-0.25, -0.2) is 0 Å². The number of hydrogen-bond acceptors (Lipinski definition) is 4. The second kappa shape index (κ2) is 7.25. The van der Waals surface area contributed by atoms with Crippen LogP contribution in [0.1, 0.15) is 50.7 Å². The Balaban J connectivity index is 1.78. The summed E-state index contributed by atoms with van der Waals surface area (Å²) in [5, 5.41) is 2.98. The SMILES string of the molecule is CC[C@@]12c3c4ccc(OC)c3O[C@@H]1C(CCNC(C)=O)CC[C@@H]2C(N(C)C)C4. The van der Waals surface area contributed by atoms with Crippen LogP contribution in [0.2, 0.25) is 0 Å². The number of likely N-dealkylation sites (N-methyl/N-ethyl adjacent to an activating group) is 1. The molecule has 1 N–H and O–H groups in total. The van der Waals surface area contributed by atoms with Crippen molar-refractivity contribution in [3.05, 3.63) is 23.3 Å². The van der Waals surface area contributed by atoms with Crippen molar-refractivity contribution < 1.29 is 14.3 Å². The van der Waals surface area contributed by atoms with Crippen LogP contribution in [0.4, 0.5) is 0 Å². The van der Waals surface area contributed by atoms with Gasteiger partial charge in [-0.3, -0.25) is 4.79 Å². The molecule has 5 nitrogen and oxygen atoms in total. The Labute approximate surface area is 168 Å². The van der Waals surface area contributed by atoms with Crippen LogP contribution in [0.5, 0.6) is 11.5 Å². The summed E-state index contributed by atoms with van der Waals surface area (Å²) in [6, 6.07) is 4.87. The molecule has 3 aliphatic rings. The van der Waals surface area contributed by atoms with Gasteiger partial charge in [0.2, 0.25) is 5.91 Å². The zero-order chi connectivity index (χ0) is 20.1. The first kappa shape index (κ1) is 19.6. The zero-order valence-electron chi connectivity index (χ0n) is 17.9. The van der Waals surface area contributed by atoms with Gasteiger partial charge in [0.1, 0.15) is 6.10 Å². The van der Waals surface area contributed by atoms with E-state index in [9.17, 15) is 4.79 Å². The minimum atomic E-state index is 0.0452. The van der Waals surface area contributed by atoms with E-state index in [0.29, 0.717) is 17.9 Å². The lowest BCUT2D eigenvalue weighted by molar-refractivity contribution is -0.119. The molecule has 2 unspecified atom stereocenters. The lowest BCUT2D eigenvalue weighted by Crippen LogP contribution is -2.60. The Morgan fingerprint density at radius 1 is 1.36 bits per heavy atom. The van der Waals surface area contributed by atoms with Gasteiger partial charge in [-0.2, -0.15) is 0 Å². The summed E-state index contributed by atoms with van der Waals surface area (Å²) in [7, 11) is 6.17. The highest BCUT2D eigenvalue weighted by molar-refractivity contribution is 5.72. The van der Waals surface area contributed by atoms with Crippen molar-refractivity contribution in [2.75, 3.05) is 27.7 Å². The number of rotatable bonds is 6. The fourth-order valence-electron chi connectivity index (χ4n) is 6.47. The third-order valence-corrected chi connectivity index (χ3v) is 7.61. The van der Waals surface area contributed by atoms with Gasteiger partial charge in [0.05, 0.1) is 7.11 Å². The van der Waals surface area contributed by atoms with Crippen LogP contribution in [0.25, 0.3) is 0 Å². The molecule has 5 atom stereocenters. The van der Waals surface area contributed by atoms with Crippen LogP contribution >= 0.6 is 0 Å². The molecule has 5 heteroatoms. The lowest BCUT2D eigenvalue weighted by Gasteiger charge is -2.55. The Morgan fingerprint density at radius 3 is 2.79 bits per heavy atom. The van der Waals surface area contributed by atoms with Crippen LogP contribution in [0, 0.1) is 11.8 Å². The van der Waals surface area contributed by atoms with E-state index < -0.39 is 0 Å². The molecule has 0 aromatic heterocycles. The first-order chi connectivity index (χ1) is 13.4. The number of hydrogen-bond donors (Lipinski definition) is 1. The molecule has 1 saturated carbocycles. The quantitative estimate of drug-likeness (QED) is 0.816. The fraction of sp³-hybridized carbons (Fsp3) is 0.696. The van der Waals surface area contributed by atoms with Crippen molar-refractivity contribution in [2.45, 2.75) is 63.5 Å². The second-order valence-corrected chi connectivity index (χ2v) is 9.01. The number of amides is 1. The molecule has 0 radical (unpaired) electrons. The molecule has 2 aliphatic carbocycles. The van der Waals surface area contributed by atoms with E-state index in [1.54, 1.807) is 14.0 Å². The lowest BCUT2D eigenvalue weighted by atomic mass is 9.51. The average molecular weight is 387 g/mol. The van der Waals surface area contributed by atoms with Crippen LogP contribution in [-0.2, 0) is 16.6 Å².